The Morgan fingerprint density at radius 1 is 1.19 bits per heavy atom. The van der Waals surface area contributed by atoms with Gasteiger partial charge < -0.3 is 15.2 Å². The number of hydrogen-bond donors (Lipinski definition) is 1. The second-order valence-electron chi connectivity index (χ2n) is 5.40. The molecule has 0 fully saturated rings. The van der Waals surface area contributed by atoms with Crippen LogP contribution in [0.15, 0.2) is 42.5 Å². The molecule has 2 aromatic carbocycles. The fraction of sp³-hybridized carbons (Fsp3) is 0.333. The van der Waals surface area contributed by atoms with Gasteiger partial charge in [0.05, 0.1) is 7.11 Å². The van der Waals surface area contributed by atoms with Crippen LogP contribution in [-0.2, 0) is 6.42 Å². The Labute approximate surface area is 125 Å². The molecule has 2 aromatic rings. The predicted octanol–water partition coefficient (Wildman–Crippen LogP) is 3.78. The maximum atomic E-state index is 6.34. The summed E-state index contributed by atoms with van der Waals surface area (Å²) < 4.78 is 11.5. The van der Waals surface area contributed by atoms with Gasteiger partial charge in [0.1, 0.15) is 17.6 Å². The van der Waals surface area contributed by atoms with Crippen LogP contribution >= 0.6 is 0 Å². The van der Waals surface area contributed by atoms with Crippen LogP contribution in [0.5, 0.6) is 11.5 Å². The Morgan fingerprint density at radius 3 is 2.76 bits per heavy atom. The molecule has 2 N–H and O–H groups in total. The fourth-order valence-corrected chi connectivity index (χ4v) is 2.97. The zero-order valence-electron chi connectivity index (χ0n) is 12.5. The molecule has 1 aliphatic rings. The van der Waals surface area contributed by atoms with Crippen molar-refractivity contribution in [1.29, 1.82) is 0 Å². The minimum Gasteiger partial charge on any atom is -0.497 e. The van der Waals surface area contributed by atoms with Gasteiger partial charge in [-0.05, 0) is 23.6 Å². The van der Waals surface area contributed by atoms with Crippen LogP contribution in [0.4, 0.5) is 0 Å². The molecule has 1 heterocycles. The topological polar surface area (TPSA) is 44.5 Å². The summed E-state index contributed by atoms with van der Waals surface area (Å²) in [6.07, 6.45) is 1.81. The maximum Gasteiger partial charge on any atom is 0.128 e. The van der Waals surface area contributed by atoms with Crippen LogP contribution in [0.25, 0.3) is 0 Å². The number of fused-ring (bicyclic) bond motifs is 1. The first-order valence-corrected chi connectivity index (χ1v) is 7.41. The molecule has 2 atom stereocenters. The van der Waals surface area contributed by atoms with E-state index < -0.39 is 0 Å². The SMILES string of the molecule is CCc1ccccc1C1C[C@H](N)c2ccc(OC)cc2O1. The second kappa shape index (κ2) is 5.78. The highest BCUT2D eigenvalue weighted by Gasteiger charge is 2.28. The molecule has 3 heteroatoms. The van der Waals surface area contributed by atoms with E-state index in [4.69, 9.17) is 15.2 Å². The molecular weight excluding hydrogens is 262 g/mol. The van der Waals surface area contributed by atoms with E-state index in [0.717, 1.165) is 29.9 Å². The third-order valence-electron chi connectivity index (χ3n) is 4.14. The van der Waals surface area contributed by atoms with Gasteiger partial charge in [-0.3, -0.25) is 0 Å². The number of ether oxygens (including phenoxy) is 2. The van der Waals surface area contributed by atoms with Gasteiger partial charge >= 0.3 is 0 Å². The average molecular weight is 283 g/mol. The quantitative estimate of drug-likeness (QED) is 0.932. The number of nitrogens with two attached hydrogens (primary N) is 1. The van der Waals surface area contributed by atoms with Crippen molar-refractivity contribution in [3.05, 3.63) is 59.2 Å². The summed E-state index contributed by atoms with van der Waals surface area (Å²) in [5.41, 5.74) is 9.95. The first-order chi connectivity index (χ1) is 10.2. The third kappa shape index (κ3) is 2.61. The molecule has 0 radical (unpaired) electrons. The smallest absolute Gasteiger partial charge is 0.128 e. The highest BCUT2D eigenvalue weighted by atomic mass is 16.5. The maximum absolute atomic E-state index is 6.34. The predicted molar refractivity (Wildman–Crippen MR) is 83.7 cm³/mol. The molecule has 0 amide bonds. The lowest BCUT2D eigenvalue weighted by molar-refractivity contribution is 0.160. The zero-order valence-corrected chi connectivity index (χ0v) is 12.5. The standard InChI is InChI=1S/C18H21NO2/c1-3-12-6-4-5-7-14(12)18-11-16(19)15-9-8-13(20-2)10-17(15)21-18/h4-10,16,18H,3,11,19H2,1-2H3/t16-,18?/m0/s1. The Hall–Kier alpha value is -2.00. The molecule has 0 aromatic heterocycles. The van der Waals surface area contributed by atoms with E-state index in [2.05, 4.69) is 31.2 Å². The van der Waals surface area contributed by atoms with Crippen molar-refractivity contribution in [2.24, 2.45) is 5.73 Å². The van der Waals surface area contributed by atoms with Crippen LogP contribution in [0, 0.1) is 0 Å². The Morgan fingerprint density at radius 2 is 2.00 bits per heavy atom. The second-order valence-corrected chi connectivity index (χ2v) is 5.40. The third-order valence-corrected chi connectivity index (χ3v) is 4.14. The van der Waals surface area contributed by atoms with E-state index in [0.29, 0.717) is 0 Å². The number of hydrogen-bond acceptors (Lipinski definition) is 3. The van der Waals surface area contributed by atoms with Crippen molar-refractivity contribution in [3.8, 4) is 11.5 Å². The molecule has 0 spiro atoms. The highest BCUT2D eigenvalue weighted by Crippen LogP contribution is 2.41. The van der Waals surface area contributed by atoms with Gasteiger partial charge in [0.25, 0.3) is 0 Å². The monoisotopic (exact) mass is 283 g/mol. The molecule has 1 aliphatic heterocycles. The molecular formula is C18H21NO2. The van der Waals surface area contributed by atoms with E-state index in [1.165, 1.54) is 11.1 Å². The van der Waals surface area contributed by atoms with Gasteiger partial charge in [0.2, 0.25) is 0 Å². The van der Waals surface area contributed by atoms with E-state index in [1.807, 2.05) is 18.2 Å². The molecule has 3 nitrogen and oxygen atoms in total. The van der Waals surface area contributed by atoms with Crippen molar-refractivity contribution in [2.75, 3.05) is 7.11 Å². The summed E-state index contributed by atoms with van der Waals surface area (Å²) in [4.78, 5) is 0. The van der Waals surface area contributed by atoms with Crippen molar-refractivity contribution >= 4 is 0 Å². The normalized spacial score (nSPS) is 20.5. The first-order valence-electron chi connectivity index (χ1n) is 7.41. The molecule has 21 heavy (non-hydrogen) atoms. The van der Waals surface area contributed by atoms with Crippen molar-refractivity contribution in [2.45, 2.75) is 31.9 Å². The Balaban J connectivity index is 1.97. The Kier molecular flexibility index (Phi) is 3.84. The van der Waals surface area contributed by atoms with Crippen LogP contribution < -0.4 is 15.2 Å². The minimum atomic E-state index is -0.00503. The number of aryl methyl sites for hydroxylation is 1. The fourth-order valence-electron chi connectivity index (χ4n) is 2.97. The van der Waals surface area contributed by atoms with Gasteiger partial charge in [0, 0.05) is 24.1 Å². The zero-order chi connectivity index (χ0) is 14.8. The number of benzene rings is 2. The summed E-state index contributed by atoms with van der Waals surface area (Å²) in [7, 11) is 1.66. The molecule has 3 rings (SSSR count). The lowest BCUT2D eigenvalue weighted by atomic mass is 9.91. The first kappa shape index (κ1) is 14.0. The van der Waals surface area contributed by atoms with Crippen LogP contribution in [0.2, 0.25) is 0 Å². The summed E-state index contributed by atoms with van der Waals surface area (Å²) in [6, 6.07) is 14.3. The summed E-state index contributed by atoms with van der Waals surface area (Å²) in [5, 5.41) is 0. The van der Waals surface area contributed by atoms with E-state index >= 15 is 0 Å². The molecule has 1 unspecified atom stereocenters. The summed E-state index contributed by atoms with van der Waals surface area (Å²) in [6.45, 7) is 2.17. The van der Waals surface area contributed by atoms with E-state index in [-0.39, 0.29) is 12.1 Å². The van der Waals surface area contributed by atoms with Crippen molar-refractivity contribution < 1.29 is 9.47 Å². The van der Waals surface area contributed by atoms with Crippen molar-refractivity contribution in [1.82, 2.24) is 0 Å². The van der Waals surface area contributed by atoms with Gasteiger partial charge in [-0.1, -0.05) is 37.3 Å². The van der Waals surface area contributed by atoms with Crippen LogP contribution in [-0.4, -0.2) is 7.11 Å². The van der Waals surface area contributed by atoms with Gasteiger partial charge in [-0.15, -0.1) is 0 Å². The molecule has 0 saturated heterocycles. The molecule has 0 saturated carbocycles. The van der Waals surface area contributed by atoms with E-state index in [9.17, 15) is 0 Å². The van der Waals surface area contributed by atoms with Crippen molar-refractivity contribution in [3.63, 3.8) is 0 Å². The minimum absolute atomic E-state index is 0.00503. The molecule has 110 valence electrons. The van der Waals surface area contributed by atoms with Crippen LogP contribution in [0.1, 0.15) is 42.2 Å². The number of rotatable bonds is 3. The largest absolute Gasteiger partial charge is 0.497 e. The molecule has 0 aliphatic carbocycles. The lowest BCUT2D eigenvalue weighted by Crippen LogP contribution is -2.24. The van der Waals surface area contributed by atoms with Crippen LogP contribution in [0.3, 0.4) is 0 Å². The van der Waals surface area contributed by atoms with Gasteiger partial charge in [-0.2, -0.15) is 0 Å². The Bertz CT molecular complexity index is 639. The van der Waals surface area contributed by atoms with Gasteiger partial charge in [0.15, 0.2) is 0 Å². The van der Waals surface area contributed by atoms with Gasteiger partial charge in [-0.25, -0.2) is 0 Å². The van der Waals surface area contributed by atoms with E-state index in [1.54, 1.807) is 7.11 Å². The lowest BCUT2D eigenvalue weighted by Gasteiger charge is -2.31. The highest BCUT2D eigenvalue weighted by molar-refractivity contribution is 5.45. The average Bonchev–Trinajstić information content (AvgIpc) is 2.54. The summed E-state index contributed by atoms with van der Waals surface area (Å²) >= 11 is 0. The number of methoxy groups -OCH3 is 1. The molecule has 0 bridgehead atoms. The summed E-state index contributed by atoms with van der Waals surface area (Å²) in [5.74, 6) is 1.63.